The highest BCUT2D eigenvalue weighted by Crippen LogP contribution is 2.35. The second-order valence-electron chi connectivity index (χ2n) is 6.22. The van der Waals surface area contributed by atoms with Crippen LogP contribution in [-0.2, 0) is 9.47 Å². The van der Waals surface area contributed by atoms with E-state index in [-0.39, 0.29) is 12.1 Å². The Kier molecular flexibility index (Phi) is 3.82. The molecule has 0 bridgehead atoms. The van der Waals surface area contributed by atoms with E-state index in [4.69, 9.17) is 15.2 Å². The lowest BCUT2D eigenvalue weighted by Gasteiger charge is -2.33. The monoisotopic (exact) mass is 256 g/mol. The van der Waals surface area contributed by atoms with Crippen LogP contribution in [0.2, 0.25) is 0 Å². The van der Waals surface area contributed by atoms with Gasteiger partial charge in [-0.25, -0.2) is 4.79 Å². The molecule has 5 nitrogen and oxygen atoms in total. The Hall–Kier alpha value is -0.810. The van der Waals surface area contributed by atoms with Gasteiger partial charge in [0.05, 0.1) is 6.61 Å². The van der Waals surface area contributed by atoms with E-state index in [9.17, 15) is 4.79 Å². The van der Waals surface area contributed by atoms with E-state index in [1.807, 2.05) is 25.7 Å². The van der Waals surface area contributed by atoms with Crippen LogP contribution < -0.4 is 5.73 Å². The van der Waals surface area contributed by atoms with E-state index in [0.29, 0.717) is 31.5 Å². The molecule has 3 unspecified atom stereocenters. The second kappa shape index (κ2) is 5.05. The summed E-state index contributed by atoms with van der Waals surface area (Å²) in [5.74, 6) is 0.707. The Morgan fingerprint density at radius 2 is 2.22 bits per heavy atom. The van der Waals surface area contributed by atoms with Gasteiger partial charge in [-0.05, 0) is 39.7 Å². The largest absolute Gasteiger partial charge is 0.444 e. The van der Waals surface area contributed by atoms with Crippen LogP contribution in [-0.4, -0.2) is 48.9 Å². The van der Waals surface area contributed by atoms with Crippen molar-refractivity contribution in [1.29, 1.82) is 0 Å². The number of carbonyl (C=O) groups is 1. The first kappa shape index (κ1) is 13.6. The summed E-state index contributed by atoms with van der Waals surface area (Å²) in [4.78, 5) is 14.1. The van der Waals surface area contributed by atoms with Crippen LogP contribution in [0.25, 0.3) is 0 Å². The van der Waals surface area contributed by atoms with Gasteiger partial charge in [0.15, 0.2) is 0 Å². The summed E-state index contributed by atoms with van der Waals surface area (Å²) >= 11 is 0. The van der Waals surface area contributed by atoms with Crippen LogP contribution in [0, 0.1) is 11.8 Å². The lowest BCUT2D eigenvalue weighted by atomic mass is 9.88. The van der Waals surface area contributed by atoms with E-state index in [1.54, 1.807) is 0 Å². The molecule has 2 aliphatic heterocycles. The molecule has 0 aliphatic carbocycles. The molecule has 3 atom stereocenters. The fraction of sp³-hybridized carbons (Fsp3) is 0.923. The van der Waals surface area contributed by atoms with Crippen LogP contribution in [0.5, 0.6) is 0 Å². The zero-order chi connectivity index (χ0) is 13.3. The lowest BCUT2D eigenvalue weighted by molar-refractivity contribution is -0.00598. The van der Waals surface area contributed by atoms with Crippen molar-refractivity contribution >= 4 is 6.09 Å². The van der Waals surface area contributed by atoms with Crippen LogP contribution in [0.4, 0.5) is 4.79 Å². The molecule has 104 valence electrons. The van der Waals surface area contributed by atoms with E-state index < -0.39 is 5.60 Å². The molecule has 0 aromatic carbocycles. The zero-order valence-corrected chi connectivity index (χ0v) is 11.5. The number of nitrogens with zero attached hydrogens (tertiary/aromatic N) is 1. The Labute approximate surface area is 109 Å². The number of carbonyl (C=O) groups excluding carboxylic acids is 1. The van der Waals surface area contributed by atoms with Crippen molar-refractivity contribution < 1.29 is 14.3 Å². The Balaban J connectivity index is 2.06. The van der Waals surface area contributed by atoms with E-state index in [0.717, 1.165) is 13.0 Å². The summed E-state index contributed by atoms with van der Waals surface area (Å²) in [5, 5.41) is 0. The van der Waals surface area contributed by atoms with Crippen molar-refractivity contribution in [2.75, 3.05) is 26.3 Å². The summed E-state index contributed by atoms with van der Waals surface area (Å²) in [7, 11) is 0. The quantitative estimate of drug-likeness (QED) is 0.766. The van der Waals surface area contributed by atoms with Crippen LogP contribution in [0.3, 0.4) is 0 Å². The predicted octanol–water partition coefficient (Wildman–Crippen LogP) is 1.22. The number of nitrogens with two attached hydrogens (primary N) is 1. The number of rotatable bonds is 1. The number of amides is 1. The third-order valence-electron chi connectivity index (χ3n) is 3.73. The molecular formula is C13H24N2O3. The summed E-state index contributed by atoms with van der Waals surface area (Å²) in [6, 6.07) is 0.238. The number of hydrogen-bond acceptors (Lipinski definition) is 4. The highest BCUT2D eigenvalue weighted by molar-refractivity contribution is 5.69. The van der Waals surface area contributed by atoms with Gasteiger partial charge in [-0.3, -0.25) is 0 Å². The number of ether oxygens (including phenoxy) is 2. The topological polar surface area (TPSA) is 64.8 Å². The zero-order valence-electron chi connectivity index (χ0n) is 11.5. The van der Waals surface area contributed by atoms with Gasteiger partial charge < -0.3 is 20.1 Å². The highest BCUT2D eigenvalue weighted by Gasteiger charge is 2.45. The third-order valence-corrected chi connectivity index (χ3v) is 3.73. The van der Waals surface area contributed by atoms with Gasteiger partial charge in [0.1, 0.15) is 5.60 Å². The smallest absolute Gasteiger partial charge is 0.410 e. The van der Waals surface area contributed by atoms with Gasteiger partial charge in [-0.1, -0.05) is 0 Å². The van der Waals surface area contributed by atoms with Gasteiger partial charge in [-0.2, -0.15) is 0 Å². The molecular weight excluding hydrogens is 232 g/mol. The summed E-state index contributed by atoms with van der Waals surface area (Å²) in [5.41, 5.74) is 5.35. The number of fused-ring (bicyclic) bond motifs is 1. The Bertz CT molecular complexity index is 314. The molecule has 0 aromatic heterocycles. The fourth-order valence-corrected chi connectivity index (χ4v) is 2.89. The Morgan fingerprint density at radius 1 is 1.50 bits per heavy atom. The average Bonchev–Trinajstić information content (AvgIpc) is 2.65. The molecule has 18 heavy (non-hydrogen) atoms. The maximum absolute atomic E-state index is 12.2. The third kappa shape index (κ3) is 2.78. The molecule has 2 heterocycles. The molecule has 5 heteroatoms. The maximum atomic E-state index is 12.2. The molecule has 2 aliphatic rings. The predicted molar refractivity (Wildman–Crippen MR) is 68.2 cm³/mol. The fourth-order valence-electron chi connectivity index (χ4n) is 2.89. The molecule has 0 spiro atoms. The molecule has 2 saturated heterocycles. The summed E-state index contributed by atoms with van der Waals surface area (Å²) in [6.45, 7) is 8.41. The van der Waals surface area contributed by atoms with Crippen LogP contribution >= 0.6 is 0 Å². The van der Waals surface area contributed by atoms with Crippen molar-refractivity contribution in [2.45, 2.75) is 38.8 Å². The first-order chi connectivity index (χ1) is 8.42. The highest BCUT2D eigenvalue weighted by atomic mass is 16.6. The minimum atomic E-state index is -0.446. The average molecular weight is 256 g/mol. The van der Waals surface area contributed by atoms with Crippen LogP contribution in [0.15, 0.2) is 0 Å². The molecule has 2 N–H and O–H groups in total. The van der Waals surface area contributed by atoms with Crippen molar-refractivity contribution in [3.05, 3.63) is 0 Å². The van der Waals surface area contributed by atoms with Gasteiger partial charge in [0, 0.05) is 25.1 Å². The van der Waals surface area contributed by atoms with Crippen molar-refractivity contribution in [3.8, 4) is 0 Å². The van der Waals surface area contributed by atoms with Crippen molar-refractivity contribution in [2.24, 2.45) is 17.6 Å². The second-order valence-corrected chi connectivity index (χ2v) is 6.22. The van der Waals surface area contributed by atoms with Gasteiger partial charge in [0.2, 0.25) is 0 Å². The maximum Gasteiger partial charge on any atom is 0.410 e. The minimum Gasteiger partial charge on any atom is -0.444 e. The minimum absolute atomic E-state index is 0.213. The molecule has 0 aromatic rings. The first-order valence-corrected chi connectivity index (χ1v) is 6.70. The van der Waals surface area contributed by atoms with Gasteiger partial charge >= 0.3 is 6.09 Å². The standard InChI is InChI=1S/C13H24N2O3/c1-13(2,3)18-12(16)15-7-9(6-14)10-8-17-5-4-11(10)15/h9-11H,4-8,14H2,1-3H3. The normalized spacial score (nSPS) is 32.2. The van der Waals surface area contributed by atoms with E-state index in [2.05, 4.69) is 0 Å². The van der Waals surface area contributed by atoms with Crippen molar-refractivity contribution in [1.82, 2.24) is 4.90 Å². The van der Waals surface area contributed by atoms with E-state index in [1.165, 1.54) is 0 Å². The van der Waals surface area contributed by atoms with Gasteiger partial charge in [0.25, 0.3) is 0 Å². The van der Waals surface area contributed by atoms with Gasteiger partial charge in [-0.15, -0.1) is 0 Å². The molecule has 1 amide bonds. The summed E-state index contributed by atoms with van der Waals surface area (Å²) < 4.78 is 11.0. The molecule has 0 radical (unpaired) electrons. The summed E-state index contributed by atoms with van der Waals surface area (Å²) in [6.07, 6.45) is 0.677. The van der Waals surface area contributed by atoms with Crippen molar-refractivity contribution in [3.63, 3.8) is 0 Å². The molecule has 2 rings (SSSR count). The number of likely N-dealkylation sites (tertiary alicyclic amines) is 1. The number of hydrogen-bond donors (Lipinski definition) is 1. The SMILES string of the molecule is CC(C)(C)OC(=O)N1CC(CN)C2COCCC21. The molecule has 2 fully saturated rings. The molecule has 0 saturated carbocycles. The van der Waals surface area contributed by atoms with E-state index >= 15 is 0 Å². The van der Waals surface area contributed by atoms with Crippen LogP contribution in [0.1, 0.15) is 27.2 Å². The lowest BCUT2D eigenvalue weighted by Crippen LogP contribution is -2.44. The Morgan fingerprint density at radius 3 is 2.83 bits per heavy atom. The first-order valence-electron chi connectivity index (χ1n) is 6.70.